The molecule has 0 aliphatic rings. The Labute approximate surface area is 107 Å². The van der Waals surface area contributed by atoms with Gasteiger partial charge in [0.15, 0.2) is 11.8 Å². The summed E-state index contributed by atoms with van der Waals surface area (Å²) in [5.74, 6) is -0.132. The maximum atomic E-state index is 11.8. The Kier molecular flexibility index (Phi) is 6.08. The third-order valence-electron chi connectivity index (χ3n) is 2.65. The van der Waals surface area contributed by atoms with Crippen LogP contribution in [0.15, 0.2) is 30.3 Å². The van der Waals surface area contributed by atoms with Gasteiger partial charge in [0.25, 0.3) is 0 Å². The molecule has 98 valence electrons. The van der Waals surface area contributed by atoms with Crippen LogP contribution in [0.2, 0.25) is 0 Å². The highest BCUT2D eigenvalue weighted by atomic mass is 16.5. The van der Waals surface area contributed by atoms with Gasteiger partial charge in [-0.15, -0.1) is 0 Å². The molecule has 0 saturated carbocycles. The zero-order valence-electron chi connectivity index (χ0n) is 10.9. The Morgan fingerprint density at radius 2 is 1.94 bits per heavy atom. The maximum Gasteiger partial charge on any atom is 0.364 e. The number of Topliss-reactive ketones (excluding diaryl/α,β-unsaturated/α-hetero) is 1. The Hall–Kier alpha value is -1.68. The molecule has 0 unspecified atom stereocenters. The second kappa shape index (κ2) is 7.61. The van der Waals surface area contributed by atoms with Crippen molar-refractivity contribution in [1.29, 1.82) is 0 Å². The van der Waals surface area contributed by atoms with Gasteiger partial charge >= 0.3 is 5.97 Å². The van der Waals surface area contributed by atoms with Crippen LogP contribution in [-0.4, -0.2) is 30.9 Å². The van der Waals surface area contributed by atoms with Gasteiger partial charge in [0.1, 0.15) is 0 Å². The fourth-order valence-corrected chi connectivity index (χ4v) is 1.60. The molecule has 0 saturated heterocycles. The quantitative estimate of drug-likeness (QED) is 0.574. The van der Waals surface area contributed by atoms with Crippen molar-refractivity contribution in [1.82, 2.24) is 0 Å². The third kappa shape index (κ3) is 4.67. The van der Waals surface area contributed by atoms with Crippen LogP contribution in [0.1, 0.15) is 30.6 Å². The van der Waals surface area contributed by atoms with Gasteiger partial charge < -0.3 is 10.1 Å². The van der Waals surface area contributed by atoms with Gasteiger partial charge in [-0.25, -0.2) is 4.79 Å². The smallest absolute Gasteiger partial charge is 0.364 e. The predicted octanol–water partition coefficient (Wildman–Crippen LogP) is 0.774. The number of hydrogen-bond donors (Lipinski definition) is 1. The first-order valence-electron chi connectivity index (χ1n) is 6.23. The van der Waals surface area contributed by atoms with E-state index in [1.165, 1.54) is 0 Å². The molecule has 2 N–H and O–H groups in total. The molecule has 4 nitrogen and oxygen atoms in total. The summed E-state index contributed by atoms with van der Waals surface area (Å²) in [6.07, 6.45) is 0.424. The molecule has 4 heteroatoms. The molecule has 0 aliphatic heterocycles. The average Bonchev–Trinajstić information content (AvgIpc) is 2.39. The van der Waals surface area contributed by atoms with Gasteiger partial charge in [-0.2, -0.15) is 0 Å². The van der Waals surface area contributed by atoms with Crippen LogP contribution in [0, 0.1) is 0 Å². The van der Waals surface area contributed by atoms with Crippen molar-refractivity contribution in [3.63, 3.8) is 0 Å². The molecule has 1 aromatic carbocycles. The fourth-order valence-electron chi connectivity index (χ4n) is 1.60. The third-order valence-corrected chi connectivity index (χ3v) is 2.65. The largest absolute Gasteiger partial charge is 0.462 e. The minimum absolute atomic E-state index is 0.0999. The maximum absolute atomic E-state index is 11.8. The zero-order chi connectivity index (χ0) is 13.4. The molecule has 0 aromatic heterocycles. The van der Waals surface area contributed by atoms with Crippen LogP contribution in [0.3, 0.4) is 0 Å². The molecular weight excluding hydrogens is 230 g/mol. The SMILES string of the molecule is CCOC(=O)[C@@H](C)[NH2+]CCC(=O)c1ccccc1. The molecule has 0 bridgehead atoms. The van der Waals surface area contributed by atoms with Crippen molar-refractivity contribution in [2.24, 2.45) is 0 Å². The van der Waals surface area contributed by atoms with Crippen LogP contribution in [0.5, 0.6) is 0 Å². The summed E-state index contributed by atoms with van der Waals surface area (Å²) in [7, 11) is 0. The normalized spacial score (nSPS) is 11.9. The molecule has 0 radical (unpaired) electrons. The van der Waals surface area contributed by atoms with Crippen LogP contribution < -0.4 is 5.32 Å². The summed E-state index contributed by atoms with van der Waals surface area (Å²) in [5, 5.41) is 1.83. The number of benzene rings is 1. The molecular formula is C14H20NO3+. The number of carbonyl (C=O) groups excluding carboxylic acids is 2. The van der Waals surface area contributed by atoms with E-state index in [4.69, 9.17) is 4.74 Å². The average molecular weight is 250 g/mol. The van der Waals surface area contributed by atoms with E-state index < -0.39 is 0 Å². The van der Waals surface area contributed by atoms with E-state index in [0.717, 1.165) is 5.56 Å². The van der Waals surface area contributed by atoms with Gasteiger partial charge in [0.2, 0.25) is 0 Å². The minimum atomic E-state index is -0.256. The fraction of sp³-hybridized carbons (Fsp3) is 0.429. The lowest BCUT2D eigenvalue weighted by molar-refractivity contribution is -0.673. The van der Waals surface area contributed by atoms with Gasteiger partial charge in [-0.3, -0.25) is 4.79 Å². The van der Waals surface area contributed by atoms with E-state index in [-0.39, 0.29) is 17.8 Å². The van der Waals surface area contributed by atoms with Gasteiger partial charge in [0.05, 0.1) is 19.6 Å². The van der Waals surface area contributed by atoms with Crippen LogP contribution >= 0.6 is 0 Å². The summed E-state index contributed by atoms with van der Waals surface area (Å²) in [5.41, 5.74) is 0.717. The first-order chi connectivity index (χ1) is 8.65. The molecule has 1 rings (SSSR count). The molecule has 0 amide bonds. The lowest BCUT2D eigenvalue weighted by Crippen LogP contribution is -2.91. The second-order valence-corrected chi connectivity index (χ2v) is 4.10. The number of ether oxygens (including phenoxy) is 1. The Morgan fingerprint density at radius 1 is 1.28 bits per heavy atom. The summed E-state index contributed by atoms with van der Waals surface area (Å²) in [6, 6.07) is 8.92. The van der Waals surface area contributed by atoms with Crippen molar-refractivity contribution in [2.75, 3.05) is 13.2 Å². The monoisotopic (exact) mass is 250 g/mol. The van der Waals surface area contributed by atoms with Crippen molar-refractivity contribution in [3.05, 3.63) is 35.9 Å². The highest BCUT2D eigenvalue weighted by Gasteiger charge is 2.17. The van der Waals surface area contributed by atoms with Crippen molar-refractivity contribution < 1.29 is 19.6 Å². The van der Waals surface area contributed by atoms with E-state index in [1.54, 1.807) is 26.0 Å². The van der Waals surface area contributed by atoms with E-state index in [1.807, 2.05) is 23.5 Å². The van der Waals surface area contributed by atoms with E-state index in [0.29, 0.717) is 19.6 Å². The number of quaternary nitrogens is 1. The van der Waals surface area contributed by atoms with Crippen LogP contribution in [0.4, 0.5) is 0 Å². The second-order valence-electron chi connectivity index (χ2n) is 4.10. The van der Waals surface area contributed by atoms with Crippen molar-refractivity contribution in [2.45, 2.75) is 26.3 Å². The van der Waals surface area contributed by atoms with Gasteiger partial charge in [0, 0.05) is 5.56 Å². The van der Waals surface area contributed by atoms with Gasteiger partial charge in [-0.05, 0) is 13.8 Å². The number of esters is 1. The Bertz CT molecular complexity index is 389. The van der Waals surface area contributed by atoms with Crippen LogP contribution in [-0.2, 0) is 9.53 Å². The molecule has 1 atom stereocenters. The van der Waals surface area contributed by atoms with E-state index in [9.17, 15) is 9.59 Å². The molecule has 0 heterocycles. The zero-order valence-corrected chi connectivity index (χ0v) is 10.9. The van der Waals surface area contributed by atoms with E-state index in [2.05, 4.69) is 0 Å². The highest BCUT2D eigenvalue weighted by molar-refractivity contribution is 5.96. The topological polar surface area (TPSA) is 60.0 Å². The van der Waals surface area contributed by atoms with Crippen molar-refractivity contribution >= 4 is 11.8 Å². The molecule has 18 heavy (non-hydrogen) atoms. The number of nitrogens with two attached hydrogens (primary N) is 1. The number of carbonyl (C=O) groups is 2. The first kappa shape index (κ1) is 14.4. The molecule has 0 spiro atoms. The summed E-state index contributed by atoms with van der Waals surface area (Å²) < 4.78 is 4.89. The van der Waals surface area contributed by atoms with Crippen molar-refractivity contribution in [3.8, 4) is 0 Å². The Balaban J connectivity index is 2.30. The number of hydrogen-bond acceptors (Lipinski definition) is 3. The lowest BCUT2D eigenvalue weighted by atomic mass is 10.1. The molecule has 1 aromatic rings. The highest BCUT2D eigenvalue weighted by Crippen LogP contribution is 2.01. The molecule has 0 aliphatic carbocycles. The Morgan fingerprint density at radius 3 is 2.56 bits per heavy atom. The van der Waals surface area contributed by atoms with E-state index >= 15 is 0 Å². The first-order valence-corrected chi connectivity index (χ1v) is 6.23. The summed E-state index contributed by atoms with van der Waals surface area (Å²) in [6.45, 7) is 4.54. The van der Waals surface area contributed by atoms with Crippen LogP contribution in [0.25, 0.3) is 0 Å². The number of ketones is 1. The summed E-state index contributed by atoms with van der Waals surface area (Å²) in [4.78, 5) is 23.1. The minimum Gasteiger partial charge on any atom is -0.462 e. The predicted molar refractivity (Wildman–Crippen MR) is 68.3 cm³/mol. The molecule has 0 fully saturated rings. The summed E-state index contributed by atoms with van der Waals surface area (Å²) >= 11 is 0. The lowest BCUT2D eigenvalue weighted by Gasteiger charge is -2.09. The standard InChI is InChI=1S/C14H19NO3/c1-3-18-14(17)11(2)15-10-9-13(16)12-7-5-4-6-8-12/h4-8,11,15H,3,9-10H2,1-2H3/p+1/t11-/m1/s1. The van der Waals surface area contributed by atoms with Gasteiger partial charge in [-0.1, -0.05) is 30.3 Å². The number of rotatable bonds is 7.